The Morgan fingerprint density at radius 3 is 1.36 bits per heavy atom. The largest absolute Gasteiger partial charge is 1.00 e. The van der Waals surface area contributed by atoms with E-state index < -0.39 is 7.92 Å². The molecule has 5 aromatic rings. The molecule has 5 rings (SSSR count). The predicted octanol–water partition coefficient (Wildman–Crippen LogP) is 6.53. The van der Waals surface area contributed by atoms with Crippen molar-refractivity contribution in [1.29, 1.82) is 0 Å². The molecular weight excluding hydrogens is 620 g/mol. The van der Waals surface area contributed by atoms with Crippen LogP contribution < -0.4 is 15.9 Å². The molecule has 0 bridgehead atoms. The molecular formula is C30H23AuPS+. The van der Waals surface area contributed by atoms with E-state index in [1.54, 1.807) is 11.3 Å². The number of rotatable bonds is 4. The van der Waals surface area contributed by atoms with Crippen LogP contribution in [-0.2, 0) is 22.4 Å². The zero-order valence-electron chi connectivity index (χ0n) is 17.9. The minimum atomic E-state index is -0.877. The molecule has 164 valence electrons. The van der Waals surface area contributed by atoms with Gasteiger partial charge in [0.05, 0.1) is 7.92 Å². The van der Waals surface area contributed by atoms with Gasteiger partial charge in [-0.3, -0.25) is 5.92 Å². The second-order valence-electron chi connectivity index (χ2n) is 7.15. The summed E-state index contributed by atoms with van der Waals surface area (Å²) in [5.41, 5.74) is 2.02. The van der Waals surface area contributed by atoms with E-state index in [-0.39, 0.29) is 22.4 Å². The quantitative estimate of drug-likeness (QED) is 0.0906. The Balaban J connectivity index is 0.000000192. The molecule has 0 aliphatic carbocycles. The minimum absolute atomic E-state index is 0. The summed E-state index contributed by atoms with van der Waals surface area (Å²) < 4.78 is 0. The zero-order valence-corrected chi connectivity index (χ0v) is 21.9. The Morgan fingerprint density at radius 1 is 0.545 bits per heavy atom. The average molecular weight is 644 g/mol. The summed E-state index contributed by atoms with van der Waals surface area (Å²) in [6, 6.07) is 44.5. The van der Waals surface area contributed by atoms with E-state index in [4.69, 9.17) is 6.42 Å². The van der Waals surface area contributed by atoms with Crippen LogP contribution >= 0.6 is 19.3 Å². The molecule has 0 spiro atoms. The summed E-state index contributed by atoms with van der Waals surface area (Å²) in [7, 11) is -0.877. The number of thiophene rings is 1. The fraction of sp³-hybridized carbons (Fsp3) is 0. The molecule has 1 aromatic heterocycles. The van der Waals surface area contributed by atoms with Crippen LogP contribution in [0.2, 0.25) is 0 Å². The Morgan fingerprint density at radius 2 is 1.00 bits per heavy atom. The minimum Gasteiger partial charge on any atom is -0.366 e. The molecule has 0 radical (unpaired) electrons. The Kier molecular flexibility index (Phi) is 9.92. The van der Waals surface area contributed by atoms with Gasteiger partial charge in [0.2, 0.25) is 0 Å². The van der Waals surface area contributed by atoms with Crippen LogP contribution in [0, 0.1) is 12.3 Å². The third-order valence-corrected chi connectivity index (χ3v) is 8.67. The number of hydrogen-bond donors (Lipinski definition) is 0. The van der Waals surface area contributed by atoms with E-state index in [2.05, 4.69) is 108 Å². The van der Waals surface area contributed by atoms with Crippen molar-refractivity contribution in [2.24, 2.45) is 0 Å². The van der Waals surface area contributed by atoms with Crippen LogP contribution in [0.25, 0.3) is 10.4 Å². The molecule has 0 N–H and O–H groups in total. The van der Waals surface area contributed by atoms with E-state index >= 15 is 0 Å². The van der Waals surface area contributed by atoms with Crippen LogP contribution in [0.15, 0.2) is 133 Å². The maximum Gasteiger partial charge on any atom is 1.00 e. The Bertz CT molecular complexity index is 1150. The first-order chi connectivity index (χ1) is 15.8. The molecule has 0 unspecified atom stereocenters. The predicted molar refractivity (Wildman–Crippen MR) is 143 cm³/mol. The summed E-state index contributed by atoms with van der Waals surface area (Å²) in [6.07, 6.45) is 6.94. The third kappa shape index (κ3) is 6.89. The van der Waals surface area contributed by atoms with Crippen molar-refractivity contribution in [3.8, 4) is 16.4 Å². The van der Waals surface area contributed by atoms with E-state index in [0.29, 0.717) is 0 Å². The van der Waals surface area contributed by atoms with Gasteiger partial charge >= 0.3 is 22.4 Å². The van der Waals surface area contributed by atoms with E-state index in [1.165, 1.54) is 26.4 Å². The van der Waals surface area contributed by atoms with Crippen LogP contribution in [0.5, 0.6) is 0 Å². The fourth-order valence-corrected chi connectivity index (χ4v) is 6.79. The molecule has 0 saturated carbocycles. The summed E-state index contributed by atoms with van der Waals surface area (Å²) in [5, 5.41) is 6.37. The van der Waals surface area contributed by atoms with Gasteiger partial charge in [-0.05, 0) is 53.4 Å². The van der Waals surface area contributed by atoms with Crippen molar-refractivity contribution in [3.05, 3.63) is 145 Å². The normalized spacial score (nSPS) is 9.82. The van der Waals surface area contributed by atoms with Crippen molar-refractivity contribution < 1.29 is 22.4 Å². The van der Waals surface area contributed by atoms with Gasteiger partial charge in [-0.2, -0.15) is 0 Å². The van der Waals surface area contributed by atoms with Crippen molar-refractivity contribution in [3.63, 3.8) is 0 Å². The maximum atomic E-state index is 6.94. The summed E-state index contributed by atoms with van der Waals surface area (Å²) in [6.45, 7) is 0. The summed E-state index contributed by atoms with van der Waals surface area (Å²) >= 11 is 1.72. The summed E-state index contributed by atoms with van der Waals surface area (Å²) in [5.74, 6) is 2.35. The van der Waals surface area contributed by atoms with E-state index in [1.807, 2.05) is 30.3 Å². The van der Waals surface area contributed by atoms with Gasteiger partial charge in [-0.1, -0.05) is 72.8 Å². The standard InChI is InChI=1S/C18H15P.C12H7S.Au/c1-4-10-16(11-5-1)19(17-12-6-2-7-13-17)18-14-8-3-9-15-18;1-2-10-5-7-11(8-6-10)12-4-3-9-13-12;/h1-15H;3-9H;/q;-1;+1/p+1. The van der Waals surface area contributed by atoms with Crippen LogP contribution in [-0.4, -0.2) is 0 Å². The average Bonchev–Trinajstić information content (AvgIpc) is 3.42. The van der Waals surface area contributed by atoms with Gasteiger partial charge in [-0.25, -0.2) is 0 Å². The first-order valence-electron chi connectivity index (χ1n) is 10.4. The smallest absolute Gasteiger partial charge is 0.366 e. The topological polar surface area (TPSA) is 0 Å². The first kappa shape index (κ1) is 24.9. The Labute approximate surface area is 217 Å². The molecule has 33 heavy (non-hydrogen) atoms. The van der Waals surface area contributed by atoms with Crippen LogP contribution in [0.4, 0.5) is 0 Å². The monoisotopic (exact) mass is 643 g/mol. The number of benzene rings is 4. The Hall–Kier alpha value is -2.69. The molecule has 3 heteroatoms. The second kappa shape index (κ2) is 13.1. The molecule has 0 fully saturated rings. The van der Waals surface area contributed by atoms with Gasteiger partial charge in [0, 0.05) is 4.88 Å². The van der Waals surface area contributed by atoms with Crippen molar-refractivity contribution in [2.75, 3.05) is 0 Å². The molecule has 0 aliphatic heterocycles. The van der Waals surface area contributed by atoms with Gasteiger partial charge in [-0.15, -0.1) is 29.0 Å². The molecule has 0 saturated heterocycles. The number of hydrogen-bond acceptors (Lipinski definition) is 1. The molecule has 0 aliphatic rings. The molecule has 0 amide bonds. The van der Waals surface area contributed by atoms with Gasteiger partial charge in [0.1, 0.15) is 15.9 Å². The van der Waals surface area contributed by atoms with E-state index in [9.17, 15) is 0 Å². The van der Waals surface area contributed by atoms with Gasteiger partial charge in [0.15, 0.2) is 0 Å². The van der Waals surface area contributed by atoms with E-state index in [0.717, 1.165) is 5.56 Å². The second-order valence-corrected chi connectivity index (χ2v) is 10.6. The zero-order chi connectivity index (χ0) is 22.0. The van der Waals surface area contributed by atoms with Crippen molar-refractivity contribution in [1.82, 2.24) is 0 Å². The van der Waals surface area contributed by atoms with Crippen molar-refractivity contribution >= 4 is 35.2 Å². The van der Waals surface area contributed by atoms with Crippen LogP contribution in [0.1, 0.15) is 5.56 Å². The van der Waals surface area contributed by atoms with Crippen LogP contribution in [0.3, 0.4) is 0 Å². The fourth-order valence-electron chi connectivity index (χ4n) is 3.48. The summed E-state index contributed by atoms with van der Waals surface area (Å²) in [4.78, 5) is 1.26. The third-order valence-electron chi connectivity index (χ3n) is 5.02. The van der Waals surface area contributed by atoms with Crippen molar-refractivity contribution in [2.45, 2.75) is 0 Å². The first-order valence-corrected chi connectivity index (χ1v) is 12.8. The maximum absolute atomic E-state index is 6.94. The molecule has 4 aromatic carbocycles. The molecule has 0 nitrogen and oxygen atoms in total. The van der Waals surface area contributed by atoms with Gasteiger partial charge < -0.3 is 6.42 Å². The molecule has 0 atom stereocenters. The molecule has 1 heterocycles. The van der Waals surface area contributed by atoms with Gasteiger partial charge in [0.25, 0.3) is 0 Å². The SMILES string of the molecule is [Au+].[C-]#Cc1ccc(-c2cccs2)cc1.c1ccc([PH+](c2ccccc2)c2ccccc2)cc1.